The van der Waals surface area contributed by atoms with E-state index < -0.39 is 0 Å². The van der Waals surface area contributed by atoms with Gasteiger partial charge in [-0.15, -0.1) is 0 Å². The minimum absolute atomic E-state index is 0.112. The van der Waals surface area contributed by atoms with E-state index in [-0.39, 0.29) is 21.5 Å². The second kappa shape index (κ2) is 1.63. The van der Waals surface area contributed by atoms with E-state index >= 15 is 0 Å². The van der Waals surface area contributed by atoms with Gasteiger partial charge in [0.25, 0.3) is 0 Å². The standard InChI is InChI=1S/C2H3IN3/c1-2-3-5-6-4-2/h1H3/q-1. The normalized spacial score (nSPS) is 19.8. The van der Waals surface area contributed by atoms with Gasteiger partial charge in [0.2, 0.25) is 0 Å². The van der Waals surface area contributed by atoms with Crippen molar-refractivity contribution in [3.05, 3.63) is 0 Å². The molecule has 1 aliphatic rings. The van der Waals surface area contributed by atoms with Gasteiger partial charge in [-0.3, -0.25) is 0 Å². The quantitative estimate of drug-likeness (QED) is 0.394. The fraction of sp³-hybridized carbons (Fsp3) is 0.500. The molecule has 0 radical (unpaired) electrons. The zero-order chi connectivity index (χ0) is 4.41. The summed E-state index contributed by atoms with van der Waals surface area (Å²) in [5.41, 5.74) is 0. The van der Waals surface area contributed by atoms with Crippen molar-refractivity contribution in [1.82, 2.24) is 0 Å². The molecule has 1 aliphatic heterocycles. The number of nitrogens with zero attached hydrogens (tertiary/aromatic N) is 3. The van der Waals surface area contributed by atoms with Crippen LogP contribution in [0.5, 0.6) is 0 Å². The molecule has 0 amide bonds. The van der Waals surface area contributed by atoms with Crippen LogP contribution in [0.2, 0.25) is 0 Å². The molecule has 0 bridgehead atoms. The minimum atomic E-state index is -0.112. The Balaban J connectivity index is 2.61. The summed E-state index contributed by atoms with van der Waals surface area (Å²) in [7, 11) is 0. The van der Waals surface area contributed by atoms with E-state index in [0.29, 0.717) is 0 Å². The molecule has 1 rings (SSSR count). The van der Waals surface area contributed by atoms with E-state index in [9.17, 15) is 0 Å². The van der Waals surface area contributed by atoms with Gasteiger partial charge in [0.1, 0.15) is 0 Å². The molecule has 34 valence electrons. The third-order valence-corrected chi connectivity index (χ3v) is 1.70. The molecule has 0 unspecified atom stereocenters. The van der Waals surface area contributed by atoms with Gasteiger partial charge < -0.3 is 0 Å². The molecule has 0 aromatic carbocycles. The van der Waals surface area contributed by atoms with Crippen LogP contribution in [0.4, 0.5) is 0 Å². The average Bonchev–Trinajstić information content (AvgIpc) is 1.86. The summed E-state index contributed by atoms with van der Waals surface area (Å²) in [6.45, 7) is 1.95. The van der Waals surface area contributed by atoms with Gasteiger partial charge in [-0.25, -0.2) is 0 Å². The van der Waals surface area contributed by atoms with E-state index in [4.69, 9.17) is 0 Å². The van der Waals surface area contributed by atoms with Gasteiger partial charge in [0.05, 0.1) is 0 Å². The van der Waals surface area contributed by atoms with Crippen LogP contribution in [0.3, 0.4) is 0 Å². The summed E-state index contributed by atoms with van der Waals surface area (Å²) in [5.74, 6) is 0. The molecule has 0 fully saturated rings. The predicted octanol–water partition coefficient (Wildman–Crippen LogP) is -2.21. The Kier molecular flexibility index (Phi) is 1.13. The van der Waals surface area contributed by atoms with E-state index in [1.165, 1.54) is 0 Å². The van der Waals surface area contributed by atoms with Gasteiger partial charge in [-0.2, -0.15) is 0 Å². The molecule has 0 saturated carbocycles. The maximum absolute atomic E-state index is 3.70. The summed E-state index contributed by atoms with van der Waals surface area (Å²) in [6, 6.07) is 0. The fourth-order valence-electron chi connectivity index (χ4n) is 0.167. The molecule has 0 aromatic rings. The van der Waals surface area contributed by atoms with Crippen molar-refractivity contribution in [3.63, 3.8) is 0 Å². The fourth-order valence-corrected chi connectivity index (χ4v) is 0.865. The van der Waals surface area contributed by atoms with E-state index in [0.717, 1.165) is 3.72 Å². The van der Waals surface area contributed by atoms with Crippen molar-refractivity contribution < 1.29 is 21.5 Å². The van der Waals surface area contributed by atoms with Crippen LogP contribution in [0.1, 0.15) is 6.92 Å². The third kappa shape index (κ3) is 0.735. The van der Waals surface area contributed by atoms with E-state index in [2.05, 4.69) is 13.7 Å². The maximum atomic E-state index is 3.70. The van der Waals surface area contributed by atoms with Gasteiger partial charge in [-0.05, 0) is 0 Å². The first-order chi connectivity index (χ1) is 2.89. The summed E-state index contributed by atoms with van der Waals surface area (Å²) < 4.78 is 4.80. The molecule has 0 saturated heterocycles. The topological polar surface area (TPSA) is 37.1 Å². The predicted molar refractivity (Wildman–Crippen MR) is 18.0 cm³/mol. The second-order valence-corrected chi connectivity index (χ2v) is 3.32. The summed E-state index contributed by atoms with van der Waals surface area (Å²) in [5, 5.41) is 7.09. The molecule has 3 nitrogen and oxygen atoms in total. The molecule has 0 spiro atoms. The molecule has 1 heterocycles. The molecule has 0 N–H and O–H groups in total. The molecule has 6 heavy (non-hydrogen) atoms. The zero-order valence-electron chi connectivity index (χ0n) is 3.22. The number of halogens is 1. The van der Waals surface area contributed by atoms with Crippen LogP contribution in [0.25, 0.3) is 0 Å². The molecular formula is C2H3IN3-. The van der Waals surface area contributed by atoms with Crippen molar-refractivity contribution in [3.8, 4) is 0 Å². The monoisotopic (exact) mass is 196 g/mol. The molecule has 0 aliphatic carbocycles. The van der Waals surface area contributed by atoms with Gasteiger partial charge in [-0.1, -0.05) is 0 Å². The summed E-state index contributed by atoms with van der Waals surface area (Å²) in [6.07, 6.45) is 0. The van der Waals surface area contributed by atoms with Crippen molar-refractivity contribution in [1.29, 1.82) is 0 Å². The Morgan fingerprint density at radius 1 is 1.67 bits per heavy atom. The third-order valence-electron chi connectivity index (χ3n) is 0.376. The van der Waals surface area contributed by atoms with Crippen LogP contribution in [-0.2, 0) is 0 Å². The first kappa shape index (κ1) is 4.17. The Morgan fingerprint density at radius 2 is 2.50 bits per heavy atom. The van der Waals surface area contributed by atoms with Crippen LogP contribution in [0.15, 0.2) is 13.7 Å². The molecule has 4 heteroatoms. The van der Waals surface area contributed by atoms with E-state index in [1.807, 2.05) is 6.92 Å². The van der Waals surface area contributed by atoms with Crippen molar-refractivity contribution in [2.75, 3.05) is 0 Å². The Hall–Kier alpha value is 0. The SMILES string of the molecule is CC1=NN=N[I-]1. The molecule has 0 atom stereocenters. The Morgan fingerprint density at radius 3 is 2.67 bits per heavy atom. The van der Waals surface area contributed by atoms with Crippen LogP contribution in [0, 0.1) is 0 Å². The van der Waals surface area contributed by atoms with Crippen LogP contribution in [-0.4, -0.2) is 3.72 Å². The first-order valence-electron chi connectivity index (χ1n) is 1.48. The average molecular weight is 196 g/mol. The summed E-state index contributed by atoms with van der Waals surface area (Å²) in [4.78, 5) is 0. The van der Waals surface area contributed by atoms with Crippen LogP contribution < -0.4 is 21.5 Å². The number of rotatable bonds is 0. The molecule has 0 aromatic heterocycles. The second-order valence-electron chi connectivity index (χ2n) is 0.847. The van der Waals surface area contributed by atoms with Crippen molar-refractivity contribution in [2.24, 2.45) is 13.7 Å². The van der Waals surface area contributed by atoms with Gasteiger partial charge in [0, 0.05) is 0 Å². The van der Waals surface area contributed by atoms with Gasteiger partial charge in [0.15, 0.2) is 0 Å². The Bertz CT molecular complexity index is 105. The van der Waals surface area contributed by atoms with Crippen molar-refractivity contribution in [2.45, 2.75) is 6.92 Å². The van der Waals surface area contributed by atoms with Gasteiger partial charge >= 0.3 is 45.8 Å². The number of hydrogen-bond donors (Lipinski definition) is 0. The summed E-state index contributed by atoms with van der Waals surface area (Å²) >= 11 is -0.112. The zero-order valence-corrected chi connectivity index (χ0v) is 5.38. The van der Waals surface area contributed by atoms with E-state index in [1.54, 1.807) is 0 Å². The van der Waals surface area contributed by atoms with Crippen LogP contribution >= 0.6 is 0 Å². The first-order valence-corrected chi connectivity index (χ1v) is 3.53. The van der Waals surface area contributed by atoms with Crippen molar-refractivity contribution >= 4 is 3.72 Å². The Labute approximate surface area is 46.2 Å². The molecular weight excluding hydrogens is 193 g/mol. The number of hydrogen-bond acceptors (Lipinski definition) is 3.